The van der Waals surface area contributed by atoms with Crippen LogP contribution in [-0.4, -0.2) is 30.1 Å². The molecule has 1 aliphatic carbocycles. The molecule has 2 atom stereocenters. The molecule has 3 rings (SSSR count). The number of ether oxygens (including phenoxy) is 1. The van der Waals surface area contributed by atoms with Gasteiger partial charge in [0.2, 0.25) is 0 Å². The Bertz CT molecular complexity index is 736. The molecule has 1 aromatic carbocycles. The van der Waals surface area contributed by atoms with Crippen LogP contribution in [0.2, 0.25) is 0 Å². The number of hydrogen-bond donors (Lipinski definition) is 2. The highest BCUT2D eigenvalue weighted by Gasteiger charge is 2.32. The lowest BCUT2D eigenvalue weighted by Crippen LogP contribution is -2.33. The lowest BCUT2D eigenvalue weighted by Gasteiger charge is -2.12. The molecule has 0 saturated heterocycles. The van der Waals surface area contributed by atoms with E-state index in [2.05, 4.69) is 5.32 Å². The second-order valence-corrected chi connectivity index (χ2v) is 5.86. The Morgan fingerprint density at radius 3 is 2.83 bits per heavy atom. The summed E-state index contributed by atoms with van der Waals surface area (Å²) in [5.74, 6) is -1.25. The molecule has 6 nitrogen and oxygen atoms in total. The maximum absolute atomic E-state index is 12.5. The molecule has 1 amide bonds. The van der Waals surface area contributed by atoms with Crippen LogP contribution in [0, 0.1) is 5.92 Å². The molecule has 23 heavy (non-hydrogen) atoms. The molecule has 0 aliphatic heterocycles. The van der Waals surface area contributed by atoms with Crippen LogP contribution in [0.4, 0.5) is 0 Å². The first-order valence-corrected chi connectivity index (χ1v) is 7.63. The van der Waals surface area contributed by atoms with Gasteiger partial charge in [-0.1, -0.05) is 18.2 Å². The zero-order chi connectivity index (χ0) is 16.4. The van der Waals surface area contributed by atoms with Crippen LogP contribution in [-0.2, 0) is 16.1 Å². The van der Waals surface area contributed by atoms with Gasteiger partial charge < -0.3 is 19.6 Å². The summed E-state index contributed by atoms with van der Waals surface area (Å²) in [6.45, 7) is 0.280. The minimum atomic E-state index is -0.800. The van der Waals surface area contributed by atoms with Gasteiger partial charge in [0, 0.05) is 24.1 Å². The normalized spacial score (nSPS) is 20.7. The molecule has 2 aromatic rings. The van der Waals surface area contributed by atoms with Crippen molar-refractivity contribution in [3.8, 4) is 0 Å². The Balaban J connectivity index is 1.81. The van der Waals surface area contributed by atoms with E-state index in [1.54, 1.807) is 13.2 Å². The van der Waals surface area contributed by atoms with E-state index in [4.69, 9.17) is 14.3 Å². The topological polar surface area (TPSA) is 88.8 Å². The van der Waals surface area contributed by atoms with Crippen molar-refractivity contribution >= 4 is 22.8 Å². The molecule has 1 aromatic heterocycles. The molecule has 1 aliphatic rings. The minimum absolute atomic E-state index is 0.132. The van der Waals surface area contributed by atoms with E-state index >= 15 is 0 Å². The van der Waals surface area contributed by atoms with Crippen LogP contribution < -0.4 is 5.32 Å². The van der Waals surface area contributed by atoms with Crippen molar-refractivity contribution in [3.05, 3.63) is 35.6 Å². The minimum Gasteiger partial charge on any atom is -0.481 e. The molecule has 0 spiro atoms. The lowest BCUT2D eigenvalue weighted by atomic mass is 10.1. The van der Waals surface area contributed by atoms with Crippen molar-refractivity contribution in [1.82, 2.24) is 5.32 Å². The van der Waals surface area contributed by atoms with Gasteiger partial charge in [-0.25, -0.2) is 0 Å². The molecule has 122 valence electrons. The summed E-state index contributed by atoms with van der Waals surface area (Å²) in [6.07, 6.45) is 1.72. The predicted molar refractivity (Wildman–Crippen MR) is 83.2 cm³/mol. The number of hydrogen-bond acceptors (Lipinski definition) is 4. The standard InChI is InChI=1S/C17H19NO5/c1-22-9-13-12-4-2-3-5-14(12)23-15(13)16(19)18-11-7-6-10(8-11)17(20)21/h2-5,10-11H,6-9H2,1H3,(H,18,19)(H,20,21)/t10-,11+/m1/s1. The van der Waals surface area contributed by atoms with Gasteiger partial charge in [0.05, 0.1) is 12.5 Å². The first-order valence-electron chi connectivity index (χ1n) is 7.63. The number of nitrogens with one attached hydrogen (secondary N) is 1. The third-order valence-electron chi connectivity index (χ3n) is 4.31. The van der Waals surface area contributed by atoms with Gasteiger partial charge in [-0.2, -0.15) is 0 Å². The average Bonchev–Trinajstić information content (AvgIpc) is 3.13. The van der Waals surface area contributed by atoms with E-state index in [0.29, 0.717) is 30.4 Å². The zero-order valence-electron chi connectivity index (χ0n) is 12.9. The number of carbonyl (C=O) groups is 2. The number of carboxylic acids is 1. The molecule has 1 saturated carbocycles. The Labute approximate surface area is 133 Å². The molecule has 6 heteroatoms. The highest BCUT2D eigenvalue weighted by atomic mass is 16.5. The van der Waals surface area contributed by atoms with Crippen molar-refractivity contribution in [3.63, 3.8) is 0 Å². The lowest BCUT2D eigenvalue weighted by molar-refractivity contribution is -0.141. The van der Waals surface area contributed by atoms with Crippen molar-refractivity contribution < 1.29 is 23.8 Å². The van der Waals surface area contributed by atoms with Gasteiger partial charge in [-0.05, 0) is 25.3 Å². The number of fused-ring (bicyclic) bond motifs is 1. The third-order valence-corrected chi connectivity index (χ3v) is 4.31. The first-order chi connectivity index (χ1) is 11.1. The maximum atomic E-state index is 12.5. The fraction of sp³-hybridized carbons (Fsp3) is 0.412. The van der Waals surface area contributed by atoms with Gasteiger partial charge >= 0.3 is 5.97 Å². The summed E-state index contributed by atoms with van der Waals surface area (Å²) in [6, 6.07) is 7.29. The Hall–Kier alpha value is -2.34. The smallest absolute Gasteiger partial charge is 0.306 e. The second-order valence-electron chi connectivity index (χ2n) is 5.86. The number of carbonyl (C=O) groups excluding carboxylic acids is 1. The maximum Gasteiger partial charge on any atom is 0.306 e. The zero-order valence-corrected chi connectivity index (χ0v) is 12.9. The number of benzene rings is 1. The quantitative estimate of drug-likeness (QED) is 0.884. The number of methoxy groups -OCH3 is 1. The number of furan rings is 1. The predicted octanol–water partition coefficient (Wildman–Crippen LogP) is 2.56. The van der Waals surface area contributed by atoms with E-state index < -0.39 is 5.97 Å². The molecular weight excluding hydrogens is 298 g/mol. The van der Waals surface area contributed by atoms with Crippen molar-refractivity contribution in [1.29, 1.82) is 0 Å². The summed E-state index contributed by atoms with van der Waals surface area (Å²) in [5, 5.41) is 12.8. The number of rotatable bonds is 5. The highest BCUT2D eigenvalue weighted by molar-refractivity contribution is 5.99. The Morgan fingerprint density at radius 1 is 1.35 bits per heavy atom. The number of carboxylic acid groups (broad SMARTS) is 1. The summed E-state index contributed by atoms with van der Waals surface area (Å²) in [4.78, 5) is 23.5. The second kappa shape index (κ2) is 6.42. The summed E-state index contributed by atoms with van der Waals surface area (Å²) in [5.41, 5.74) is 1.35. The third kappa shape index (κ3) is 3.07. The Kier molecular flexibility index (Phi) is 4.34. The molecule has 1 heterocycles. The molecule has 1 fully saturated rings. The van der Waals surface area contributed by atoms with E-state index in [1.165, 1.54) is 0 Å². The largest absolute Gasteiger partial charge is 0.481 e. The summed E-state index contributed by atoms with van der Waals surface area (Å²) < 4.78 is 10.9. The van der Waals surface area contributed by atoms with E-state index in [-0.39, 0.29) is 30.2 Å². The number of aliphatic carboxylic acids is 1. The van der Waals surface area contributed by atoms with Crippen LogP contribution in [0.15, 0.2) is 28.7 Å². The van der Waals surface area contributed by atoms with Crippen LogP contribution in [0.1, 0.15) is 35.4 Å². The SMILES string of the molecule is COCc1c(C(=O)N[C@H]2CC[C@@H](C(=O)O)C2)oc2ccccc12. The Morgan fingerprint density at radius 2 is 2.13 bits per heavy atom. The van der Waals surface area contributed by atoms with Gasteiger partial charge in [0.25, 0.3) is 5.91 Å². The molecule has 0 bridgehead atoms. The van der Waals surface area contributed by atoms with Crippen molar-refractivity contribution in [2.45, 2.75) is 31.9 Å². The molecular formula is C17H19NO5. The van der Waals surface area contributed by atoms with Crippen LogP contribution in [0.5, 0.6) is 0 Å². The van der Waals surface area contributed by atoms with Gasteiger partial charge in [-0.15, -0.1) is 0 Å². The van der Waals surface area contributed by atoms with Crippen LogP contribution >= 0.6 is 0 Å². The van der Waals surface area contributed by atoms with Crippen LogP contribution in [0.25, 0.3) is 11.0 Å². The van der Waals surface area contributed by atoms with E-state index in [0.717, 1.165) is 5.39 Å². The molecule has 0 radical (unpaired) electrons. The number of para-hydroxylation sites is 1. The number of amides is 1. The summed E-state index contributed by atoms with van der Waals surface area (Å²) in [7, 11) is 1.57. The molecule has 2 N–H and O–H groups in total. The monoisotopic (exact) mass is 317 g/mol. The van der Waals surface area contributed by atoms with Crippen molar-refractivity contribution in [2.75, 3.05) is 7.11 Å². The fourth-order valence-corrected chi connectivity index (χ4v) is 3.16. The highest BCUT2D eigenvalue weighted by Crippen LogP contribution is 2.29. The molecule has 0 unspecified atom stereocenters. The van der Waals surface area contributed by atoms with Gasteiger partial charge in [0.1, 0.15) is 5.58 Å². The fourth-order valence-electron chi connectivity index (χ4n) is 3.16. The first kappa shape index (κ1) is 15.6. The van der Waals surface area contributed by atoms with Gasteiger partial charge in [-0.3, -0.25) is 9.59 Å². The van der Waals surface area contributed by atoms with Gasteiger partial charge in [0.15, 0.2) is 5.76 Å². The van der Waals surface area contributed by atoms with E-state index in [1.807, 2.05) is 18.2 Å². The van der Waals surface area contributed by atoms with Crippen molar-refractivity contribution in [2.24, 2.45) is 5.92 Å². The average molecular weight is 317 g/mol. The summed E-state index contributed by atoms with van der Waals surface area (Å²) >= 11 is 0. The van der Waals surface area contributed by atoms with Crippen LogP contribution in [0.3, 0.4) is 0 Å². The van der Waals surface area contributed by atoms with E-state index in [9.17, 15) is 9.59 Å².